The molecular weight excluding hydrogens is 535 g/mol. The third kappa shape index (κ3) is 5.81. The maximum absolute atomic E-state index is 13.7. The number of hydrogen-bond donors (Lipinski definition) is 0. The van der Waals surface area contributed by atoms with Crippen LogP contribution in [0.3, 0.4) is 0 Å². The lowest BCUT2D eigenvalue weighted by atomic mass is 10.1. The maximum Gasteiger partial charge on any atom is 0.266 e. The molecule has 2 atom stereocenters. The second-order valence-electron chi connectivity index (χ2n) is 9.70. The van der Waals surface area contributed by atoms with Crippen LogP contribution in [0.2, 0.25) is 10.0 Å². The first kappa shape index (κ1) is 27.2. The van der Waals surface area contributed by atoms with Gasteiger partial charge in [-0.05, 0) is 74.0 Å². The number of benzene rings is 3. The van der Waals surface area contributed by atoms with Crippen molar-refractivity contribution in [2.24, 2.45) is 0 Å². The highest BCUT2D eigenvalue weighted by atomic mass is 35.5. The first-order chi connectivity index (χ1) is 18.9. The van der Waals surface area contributed by atoms with Crippen molar-refractivity contribution in [2.75, 3.05) is 26.2 Å². The molecule has 3 aromatic carbocycles. The molecule has 5 rings (SSSR count). The summed E-state index contributed by atoms with van der Waals surface area (Å²) in [6.07, 6.45) is 0.749. The summed E-state index contributed by atoms with van der Waals surface area (Å²) in [7, 11) is 0. The average molecular weight is 566 g/mol. The third-order valence-corrected chi connectivity index (χ3v) is 7.67. The van der Waals surface area contributed by atoms with Crippen molar-refractivity contribution in [3.05, 3.63) is 99.0 Å². The molecule has 0 saturated carbocycles. The van der Waals surface area contributed by atoms with Crippen molar-refractivity contribution in [3.8, 4) is 11.4 Å². The normalized spacial score (nSPS) is 16.8. The van der Waals surface area contributed by atoms with Crippen LogP contribution in [0.15, 0.2) is 77.6 Å². The molecule has 1 fully saturated rings. The number of aromatic nitrogens is 2. The van der Waals surface area contributed by atoms with Crippen molar-refractivity contribution < 1.29 is 9.53 Å². The van der Waals surface area contributed by atoms with Gasteiger partial charge in [-0.1, -0.05) is 42.3 Å². The van der Waals surface area contributed by atoms with Gasteiger partial charge in [0.05, 0.1) is 22.6 Å². The summed E-state index contributed by atoms with van der Waals surface area (Å²) in [6.45, 7) is 5.96. The number of halogens is 2. The molecular formula is C30H30Cl2N4O3. The van der Waals surface area contributed by atoms with Crippen molar-refractivity contribution in [3.63, 3.8) is 0 Å². The molecule has 1 aliphatic heterocycles. The number of piperazine rings is 1. The smallest absolute Gasteiger partial charge is 0.266 e. The fourth-order valence-electron chi connectivity index (χ4n) is 5.22. The maximum atomic E-state index is 13.7. The van der Waals surface area contributed by atoms with Gasteiger partial charge in [-0.3, -0.25) is 19.1 Å². The Morgan fingerprint density at radius 3 is 2.33 bits per heavy atom. The molecule has 0 radical (unpaired) electrons. The van der Waals surface area contributed by atoms with Crippen LogP contribution in [0.5, 0.6) is 5.75 Å². The molecule has 1 amide bonds. The van der Waals surface area contributed by atoms with Gasteiger partial charge in [0.25, 0.3) is 11.5 Å². The van der Waals surface area contributed by atoms with Crippen molar-refractivity contribution >= 4 is 40.0 Å². The van der Waals surface area contributed by atoms with Crippen LogP contribution < -0.4 is 10.3 Å². The van der Waals surface area contributed by atoms with E-state index in [2.05, 4.69) is 11.8 Å². The van der Waals surface area contributed by atoms with E-state index in [9.17, 15) is 9.59 Å². The second kappa shape index (κ2) is 11.8. The van der Waals surface area contributed by atoms with Gasteiger partial charge in [0.1, 0.15) is 11.6 Å². The number of fused-ring (bicyclic) bond motifs is 1. The van der Waals surface area contributed by atoms with Crippen LogP contribution in [0.25, 0.3) is 16.6 Å². The molecule has 0 bridgehead atoms. The number of carbonyl (C=O) groups excluding carboxylic acids is 1. The van der Waals surface area contributed by atoms with Crippen LogP contribution in [0, 0.1) is 0 Å². The average Bonchev–Trinajstić information content (AvgIpc) is 2.94. The molecule has 1 saturated heterocycles. The third-order valence-electron chi connectivity index (χ3n) is 7.17. The number of carbonyl (C=O) groups is 1. The molecule has 202 valence electrons. The SMILES string of the molecule is CCC(c1nc2ccccc2c(=O)n1-c1ccc(Cl)cc1)N1CCN(C(=O)COc2ccc(Cl)cc2)C(C)C1. The highest BCUT2D eigenvalue weighted by Crippen LogP contribution is 2.28. The quantitative estimate of drug-likeness (QED) is 0.285. The van der Waals surface area contributed by atoms with Crippen LogP contribution >= 0.6 is 23.2 Å². The summed E-state index contributed by atoms with van der Waals surface area (Å²) < 4.78 is 7.40. The molecule has 0 spiro atoms. The Hall–Kier alpha value is -3.39. The molecule has 1 aliphatic rings. The highest BCUT2D eigenvalue weighted by Gasteiger charge is 2.33. The molecule has 39 heavy (non-hydrogen) atoms. The lowest BCUT2D eigenvalue weighted by Gasteiger charge is -2.43. The highest BCUT2D eigenvalue weighted by molar-refractivity contribution is 6.30. The van der Waals surface area contributed by atoms with E-state index in [1.165, 1.54) is 0 Å². The molecule has 0 N–H and O–H groups in total. The minimum absolute atomic E-state index is 0.0362. The summed E-state index contributed by atoms with van der Waals surface area (Å²) in [5, 5.41) is 1.78. The number of nitrogens with zero attached hydrogens (tertiary/aromatic N) is 4. The largest absolute Gasteiger partial charge is 0.484 e. The zero-order chi connectivity index (χ0) is 27.5. The lowest BCUT2D eigenvalue weighted by Crippen LogP contribution is -2.56. The molecule has 1 aromatic heterocycles. The van der Waals surface area contributed by atoms with E-state index in [-0.39, 0.29) is 30.2 Å². The Kier molecular flexibility index (Phi) is 8.21. The van der Waals surface area contributed by atoms with Gasteiger partial charge in [-0.15, -0.1) is 0 Å². The second-order valence-corrected chi connectivity index (χ2v) is 10.6. The first-order valence-corrected chi connectivity index (χ1v) is 13.8. The minimum Gasteiger partial charge on any atom is -0.484 e. The zero-order valence-corrected chi connectivity index (χ0v) is 23.4. The molecule has 0 aliphatic carbocycles. The molecule has 2 unspecified atom stereocenters. The fourth-order valence-corrected chi connectivity index (χ4v) is 5.47. The van der Waals surface area contributed by atoms with E-state index in [0.717, 1.165) is 12.1 Å². The Bertz CT molecular complexity index is 1520. The molecule has 7 nitrogen and oxygen atoms in total. The van der Waals surface area contributed by atoms with Crippen molar-refractivity contribution in [2.45, 2.75) is 32.4 Å². The van der Waals surface area contributed by atoms with Crippen LogP contribution in [0.1, 0.15) is 32.1 Å². The van der Waals surface area contributed by atoms with Gasteiger partial charge in [-0.25, -0.2) is 4.98 Å². The Balaban J connectivity index is 1.39. The van der Waals surface area contributed by atoms with Gasteiger partial charge in [0.2, 0.25) is 0 Å². The van der Waals surface area contributed by atoms with Gasteiger partial charge in [-0.2, -0.15) is 0 Å². The van der Waals surface area contributed by atoms with E-state index < -0.39 is 0 Å². The predicted molar refractivity (Wildman–Crippen MR) is 155 cm³/mol. The summed E-state index contributed by atoms with van der Waals surface area (Å²) in [5.41, 5.74) is 1.28. The minimum atomic E-state index is -0.122. The number of para-hydroxylation sites is 1. The number of hydrogen-bond acceptors (Lipinski definition) is 5. The van der Waals surface area contributed by atoms with E-state index in [1.54, 1.807) is 47.0 Å². The summed E-state index contributed by atoms with van der Waals surface area (Å²) in [5.74, 6) is 1.22. The fraction of sp³-hybridized carbons (Fsp3) is 0.300. The van der Waals surface area contributed by atoms with E-state index >= 15 is 0 Å². The van der Waals surface area contributed by atoms with Gasteiger partial charge < -0.3 is 9.64 Å². The van der Waals surface area contributed by atoms with E-state index in [1.807, 2.05) is 42.2 Å². The van der Waals surface area contributed by atoms with Crippen LogP contribution in [-0.4, -0.2) is 57.5 Å². The number of amides is 1. The van der Waals surface area contributed by atoms with E-state index in [0.29, 0.717) is 52.2 Å². The number of rotatable bonds is 7. The Labute approximate surface area is 237 Å². The van der Waals surface area contributed by atoms with Gasteiger partial charge in [0, 0.05) is 35.7 Å². The van der Waals surface area contributed by atoms with Crippen molar-refractivity contribution in [1.82, 2.24) is 19.4 Å². The van der Waals surface area contributed by atoms with Crippen molar-refractivity contribution in [1.29, 1.82) is 0 Å². The van der Waals surface area contributed by atoms with Crippen LogP contribution in [-0.2, 0) is 4.79 Å². The lowest BCUT2D eigenvalue weighted by molar-refractivity contribution is -0.138. The first-order valence-electron chi connectivity index (χ1n) is 13.0. The van der Waals surface area contributed by atoms with E-state index in [4.69, 9.17) is 32.9 Å². The Morgan fingerprint density at radius 1 is 1.00 bits per heavy atom. The molecule has 2 heterocycles. The monoisotopic (exact) mass is 564 g/mol. The van der Waals surface area contributed by atoms with Gasteiger partial charge >= 0.3 is 0 Å². The van der Waals surface area contributed by atoms with Gasteiger partial charge in [0.15, 0.2) is 6.61 Å². The topological polar surface area (TPSA) is 67.7 Å². The zero-order valence-electron chi connectivity index (χ0n) is 21.9. The van der Waals surface area contributed by atoms with Crippen LogP contribution in [0.4, 0.5) is 0 Å². The number of ether oxygens (including phenoxy) is 1. The molecule has 4 aromatic rings. The summed E-state index contributed by atoms with van der Waals surface area (Å²) in [4.78, 5) is 35.9. The standard InChI is InChI=1S/C30H30Cl2N4O3/c1-3-27(34-16-17-35(20(2)18-34)28(37)19-39-24-14-10-22(32)11-15-24)29-33-26-7-5-4-6-25(26)30(38)36(29)23-12-8-21(31)9-13-23/h4-15,20,27H,3,16-19H2,1-2H3. The summed E-state index contributed by atoms with van der Waals surface area (Å²) in [6, 6.07) is 21.5. The molecule has 9 heteroatoms. The summed E-state index contributed by atoms with van der Waals surface area (Å²) >= 11 is 12.1. The Morgan fingerprint density at radius 2 is 1.67 bits per heavy atom. The predicted octanol–water partition coefficient (Wildman–Crippen LogP) is 5.76.